The SMILES string of the molecule is O=C(Oc1ccc(-c2ccc(F)cc2)nn1)c1ccc(Cl)cc1. The molecule has 3 rings (SSSR count). The number of nitrogens with zero attached hydrogens (tertiary/aromatic N) is 2. The molecular formula is C17H10ClFN2O2. The van der Waals surface area contributed by atoms with Crippen LogP contribution in [0.3, 0.4) is 0 Å². The van der Waals surface area contributed by atoms with E-state index in [0.717, 1.165) is 5.56 Å². The van der Waals surface area contributed by atoms with E-state index in [2.05, 4.69) is 10.2 Å². The zero-order valence-electron chi connectivity index (χ0n) is 11.7. The maximum absolute atomic E-state index is 12.9. The smallest absolute Gasteiger partial charge is 0.344 e. The van der Waals surface area contributed by atoms with Crippen molar-refractivity contribution >= 4 is 17.6 Å². The first-order valence-corrected chi connectivity index (χ1v) is 7.07. The molecular weight excluding hydrogens is 319 g/mol. The highest BCUT2D eigenvalue weighted by atomic mass is 35.5. The standard InChI is InChI=1S/C17H10ClFN2O2/c18-13-5-1-12(2-6-13)17(22)23-16-10-9-15(20-21-16)11-3-7-14(19)8-4-11/h1-10H. The van der Waals surface area contributed by atoms with Crippen LogP contribution in [0.25, 0.3) is 11.3 Å². The molecule has 23 heavy (non-hydrogen) atoms. The van der Waals surface area contributed by atoms with E-state index < -0.39 is 5.97 Å². The summed E-state index contributed by atoms with van der Waals surface area (Å²) in [4.78, 5) is 11.9. The van der Waals surface area contributed by atoms with Crippen LogP contribution in [-0.4, -0.2) is 16.2 Å². The van der Waals surface area contributed by atoms with Gasteiger partial charge in [0, 0.05) is 16.7 Å². The number of esters is 1. The second-order valence-electron chi connectivity index (χ2n) is 4.66. The van der Waals surface area contributed by atoms with E-state index in [9.17, 15) is 9.18 Å². The minimum absolute atomic E-state index is 0.0795. The highest BCUT2D eigenvalue weighted by Crippen LogP contribution is 2.19. The van der Waals surface area contributed by atoms with Gasteiger partial charge in [0.2, 0.25) is 5.88 Å². The number of rotatable bonds is 3. The molecule has 0 saturated heterocycles. The summed E-state index contributed by atoms with van der Waals surface area (Å²) in [7, 11) is 0. The molecule has 114 valence electrons. The lowest BCUT2D eigenvalue weighted by molar-refractivity contribution is 0.0726. The summed E-state index contributed by atoms with van der Waals surface area (Å²) in [6.07, 6.45) is 0. The van der Waals surface area contributed by atoms with Crippen molar-refractivity contribution in [1.82, 2.24) is 10.2 Å². The molecule has 0 fully saturated rings. The number of halogens is 2. The molecule has 2 aromatic carbocycles. The van der Waals surface area contributed by atoms with Gasteiger partial charge in [-0.25, -0.2) is 9.18 Å². The molecule has 0 aliphatic heterocycles. The Balaban J connectivity index is 1.73. The first kappa shape index (κ1) is 15.1. The van der Waals surface area contributed by atoms with Gasteiger partial charge in [-0.3, -0.25) is 0 Å². The van der Waals surface area contributed by atoms with Gasteiger partial charge in [-0.15, -0.1) is 10.2 Å². The van der Waals surface area contributed by atoms with Crippen molar-refractivity contribution in [2.75, 3.05) is 0 Å². The quantitative estimate of drug-likeness (QED) is 0.678. The van der Waals surface area contributed by atoms with Gasteiger partial charge in [0.25, 0.3) is 0 Å². The van der Waals surface area contributed by atoms with E-state index in [-0.39, 0.29) is 11.7 Å². The molecule has 0 spiro atoms. The molecule has 1 aromatic heterocycles. The first-order valence-electron chi connectivity index (χ1n) is 6.69. The third-order valence-electron chi connectivity index (χ3n) is 3.06. The molecule has 0 atom stereocenters. The average Bonchev–Trinajstić information content (AvgIpc) is 2.57. The van der Waals surface area contributed by atoms with Gasteiger partial charge in [0.05, 0.1) is 11.3 Å². The van der Waals surface area contributed by atoms with E-state index in [1.807, 2.05) is 0 Å². The number of benzene rings is 2. The van der Waals surface area contributed by atoms with Crippen LogP contribution in [0.5, 0.6) is 5.88 Å². The molecule has 0 N–H and O–H groups in total. The molecule has 0 radical (unpaired) electrons. The second-order valence-corrected chi connectivity index (χ2v) is 5.10. The highest BCUT2D eigenvalue weighted by Gasteiger charge is 2.10. The van der Waals surface area contributed by atoms with Crippen LogP contribution in [0.2, 0.25) is 5.02 Å². The fourth-order valence-corrected chi connectivity index (χ4v) is 2.01. The predicted octanol–water partition coefficient (Wildman–Crippen LogP) is 4.16. The number of carbonyl (C=O) groups excluding carboxylic acids is 1. The van der Waals surface area contributed by atoms with Gasteiger partial charge in [-0.05, 0) is 54.6 Å². The Morgan fingerprint density at radius 3 is 2.22 bits per heavy atom. The Bertz CT molecular complexity index is 819. The van der Waals surface area contributed by atoms with Crippen molar-refractivity contribution in [3.05, 3.63) is 77.1 Å². The van der Waals surface area contributed by atoms with E-state index >= 15 is 0 Å². The lowest BCUT2D eigenvalue weighted by Gasteiger charge is -2.04. The zero-order valence-corrected chi connectivity index (χ0v) is 12.5. The third kappa shape index (κ3) is 3.70. The Morgan fingerprint density at radius 1 is 0.913 bits per heavy atom. The largest absolute Gasteiger partial charge is 0.402 e. The minimum atomic E-state index is -0.550. The normalized spacial score (nSPS) is 10.3. The summed E-state index contributed by atoms with van der Waals surface area (Å²) >= 11 is 5.76. The molecule has 4 nitrogen and oxygen atoms in total. The third-order valence-corrected chi connectivity index (χ3v) is 3.31. The number of hydrogen-bond donors (Lipinski definition) is 0. The number of ether oxygens (including phenoxy) is 1. The number of hydrogen-bond acceptors (Lipinski definition) is 4. The molecule has 3 aromatic rings. The van der Waals surface area contributed by atoms with Crippen molar-refractivity contribution in [3.8, 4) is 17.1 Å². The van der Waals surface area contributed by atoms with Crippen molar-refractivity contribution < 1.29 is 13.9 Å². The fourth-order valence-electron chi connectivity index (χ4n) is 1.89. The van der Waals surface area contributed by atoms with Crippen LogP contribution < -0.4 is 4.74 Å². The van der Waals surface area contributed by atoms with Gasteiger partial charge in [-0.2, -0.15) is 0 Å². The van der Waals surface area contributed by atoms with Crippen molar-refractivity contribution in [2.45, 2.75) is 0 Å². The molecule has 0 aliphatic carbocycles. The molecule has 0 saturated carbocycles. The monoisotopic (exact) mass is 328 g/mol. The van der Waals surface area contributed by atoms with Crippen LogP contribution in [0.4, 0.5) is 4.39 Å². The van der Waals surface area contributed by atoms with E-state index in [1.165, 1.54) is 18.2 Å². The van der Waals surface area contributed by atoms with E-state index in [4.69, 9.17) is 16.3 Å². The Hall–Kier alpha value is -2.79. The maximum atomic E-state index is 12.9. The Morgan fingerprint density at radius 2 is 1.61 bits per heavy atom. The summed E-state index contributed by atoms with van der Waals surface area (Å²) in [5.74, 6) is -0.795. The summed E-state index contributed by atoms with van der Waals surface area (Å²) in [5, 5.41) is 8.35. The summed E-state index contributed by atoms with van der Waals surface area (Å²) in [5.41, 5.74) is 1.63. The number of carbonyl (C=O) groups is 1. The first-order chi connectivity index (χ1) is 11.1. The predicted molar refractivity (Wildman–Crippen MR) is 83.8 cm³/mol. The average molecular weight is 329 g/mol. The van der Waals surface area contributed by atoms with Crippen LogP contribution in [0, 0.1) is 5.82 Å². The van der Waals surface area contributed by atoms with Crippen LogP contribution in [0.15, 0.2) is 60.7 Å². The minimum Gasteiger partial charge on any atom is -0.402 e. The van der Waals surface area contributed by atoms with Crippen molar-refractivity contribution in [2.24, 2.45) is 0 Å². The van der Waals surface area contributed by atoms with E-state index in [0.29, 0.717) is 16.3 Å². The van der Waals surface area contributed by atoms with Crippen LogP contribution >= 0.6 is 11.6 Å². The zero-order chi connectivity index (χ0) is 16.2. The number of aromatic nitrogens is 2. The summed E-state index contributed by atoms with van der Waals surface area (Å²) in [6.45, 7) is 0. The van der Waals surface area contributed by atoms with Gasteiger partial charge in [0.15, 0.2) is 0 Å². The van der Waals surface area contributed by atoms with Gasteiger partial charge in [-0.1, -0.05) is 11.6 Å². The molecule has 0 amide bonds. The van der Waals surface area contributed by atoms with Crippen molar-refractivity contribution in [1.29, 1.82) is 0 Å². The topological polar surface area (TPSA) is 52.1 Å². The summed E-state index contributed by atoms with van der Waals surface area (Å²) < 4.78 is 18.0. The summed E-state index contributed by atoms with van der Waals surface area (Å²) in [6, 6.07) is 15.4. The Kier molecular flexibility index (Phi) is 4.30. The molecule has 1 heterocycles. The molecule has 0 aliphatic rings. The molecule has 0 bridgehead atoms. The fraction of sp³-hybridized carbons (Fsp3) is 0. The van der Waals surface area contributed by atoms with Crippen LogP contribution in [0.1, 0.15) is 10.4 Å². The Labute approximate surface area is 136 Å². The van der Waals surface area contributed by atoms with Gasteiger partial charge in [0.1, 0.15) is 5.82 Å². The van der Waals surface area contributed by atoms with E-state index in [1.54, 1.807) is 42.5 Å². The lowest BCUT2D eigenvalue weighted by atomic mass is 10.1. The van der Waals surface area contributed by atoms with Gasteiger partial charge >= 0.3 is 5.97 Å². The van der Waals surface area contributed by atoms with Crippen LogP contribution in [-0.2, 0) is 0 Å². The van der Waals surface area contributed by atoms with Crippen molar-refractivity contribution in [3.63, 3.8) is 0 Å². The second kappa shape index (κ2) is 6.54. The lowest BCUT2D eigenvalue weighted by Crippen LogP contribution is -2.09. The molecule has 0 unspecified atom stereocenters. The highest BCUT2D eigenvalue weighted by molar-refractivity contribution is 6.30. The maximum Gasteiger partial charge on any atom is 0.344 e. The molecule has 6 heteroatoms. The van der Waals surface area contributed by atoms with Gasteiger partial charge < -0.3 is 4.74 Å².